The fourth-order valence-corrected chi connectivity index (χ4v) is 3.05. The first-order chi connectivity index (χ1) is 12.8. The fraction of sp³-hybridized carbons (Fsp3) is 0.318. The van der Waals surface area contributed by atoms with Crippen LogP contribution in [0.2, 0.25) is 0 Å². The first-order valence-electron chi connectivity index (χ1n) is 9.05. The van der Waals surface area contributed by atoms with E-state index in [0.29, 0.717) is 6.54 Å². The van der Waals surface area contributed by atoms with Crippen LogP contribution in [0.15, 0.2) is 72.6 Å². The summed E-state index contributed by atoms with van der Waals surface area (Å²) in [5, 5.41) is 3.23. The summed E-state index contributed by atoms with van der Waals surface area (Å²) < 4.78 is 20.0. The van der Waals surface area contributed by atoms with Crippen molar-refractivity contribution >= 4 is 6.09 Å². The number of ether oxygens (including phenoxy) is 1. The minimum Gasteiger partial charge on any atom is -0.443 e. The lowest BCUT2D eigenvalue weighted by Crippen LogP contribution is -2.51. The molecule has 0 fully saturated rings. The number of hydrazine groups is 1. The lowest BCUT2D eigenvalue weighted by molar-refractivity contribution is -0.0744. The first-order valence-corrected chi connectivity index (χ1v) is 9.05. The topological polar surface area (TPSA) is 32.8 Å². The van der Waals surface area contributed by atoms with Crippen LogP contribution in [0.1, 0.15) is 37.9 Å². The van der Waals surface area contributed by atoms with Crippen LogP contribution in [0.4, 0.5) is 9.18 Å². The maximum atomic E-state index is 14.5. The van der Waals surface area contributed by atoms with E-state index in [1.165, 1.54) is 5.01 Å². The van der Waals surface area contributed by atoms with Gasteiger partial charge in [0, 0.05) is 6.54 Å². The van der Waals surface area contributed by atoms with Gasteiger partial charge in [0.25, 0.3) is 0 Å². The quantitative estimate of drug-likeness (QED) is 0.742. The smallest absolute Gasteiger partial charge is 0.425 e. The highest BCUT2D eigenvalue weighted by atomic mass is 19.1. The molecular formula is C22H25FN2O2. The summed E-state index contributed by atoms with van der Waals surface area (Å²) in [7, 11) is 0. The number of hydrogen-bond acceptors (Lipinski definition) is 3. The number of benzene rings is 2. The largest absolute Gasteiger partial charge is 0.443 e. The Bertz CT molecular complexity index is 800. The molecule has 2 aromatic carbocycles. The van der Waals surface area contributed by atoms with Crippen molar-refractivity contribution in [2.24, 2.45) is 0 Å². The Balaban J connectivity index is 1.97. The zero-order valence-electron chi connectivity index (χ0n) is 15.9. The third-order valence-electron chi connectivity index (χ3n) is 4.20. The van der Waals surface area contributed by atoms with Crippen LogP contribution in [-0.4, -0.2) is 28.3 Å². The number of halogens is 1. The number of rotatable bonds is 3. The van der Waals surface area contributed by atoms with Crippen LogP contribution in [0, 0.1) is 0 Å². The lowest BCUT2D eigenvalue weighted by atomic mass is 10.0. The van der Waals surface area contributed by atoms with E-state index < -0.39 is 17.7 Å². The number of nitrogens with zero attached hydrogens (tertiary/aromatic N) is 2. The predicted molar refractivity (Wildman–Crippen MR) is 103 cm³/mol. The molecule has 1 atom stereocenters. The molecule has 142 valence electrons. The van der Waals surface area contributed by atoms with Crippen LogP contribution in [0.25, 0.3) is 0 Å². The van der Waals surface area contributed by atoms with Gasteiger partial charge in [0.1, 0.15) is 11.4 Å². The Morgan fingerprint density at radius 3 is 2.26 bits per heavy atom. The highest BCUT2D eigenvalue weighted by Gasteiger charge is 2.35. The molecule has 0 spiro atoms. The summed E-state index contributed by atoms with van der Waals surface area (Å²) in [5.74, 6) is -0.348. The normalized spacial score (nSPS) is 18.1. The van der Waals surface area contributed by atoms with Gasteiger partial charge in [-0.1, -0.05) is 60.7 Å². The summed E-state index contributed by atoms with van der Waals surface area (Å²) in [6.07, 6.45) is 1.02. The van der Waals surface area contributed by atoms with Crippen molar-refractivity contribution in [3.8, 4) is 0 Å². The van der Waals surface area contributed by atoms with Crippen LogP contribution >= 0.6 is 0 Å². The Kier molecular flexibility index (Phi) is 5.61. The van der Waals surface area contributed by atoms with Crippen molar-refractivity contribution in [2.45, 2.75) is 39.0 Å². The van der Waals surface area contributed by atoms with E-state index in [2.05, 4.69) is 0 Å². The van der Waals surface area contributed by atoms with E-state index in [1.807, 2.05) is 65.7 Å². The van der Waals surface area contributed by atoms with Crippen molar-refractivity contribution in [1.29, 1.82) is 0 Å². The fourth-order valence-electron chi connectivity index (χ4n) is 3.05. The summed E-state index contributed by atoms with van der Waals surface area (Å²) in [4.78, 5) is 12.8. The molecule has 1 unspecified atom stereocenters. The summed E-state index contributed by atoms with van der Waals surface area (Å²) in [5.41, 5.74) is 1.29. The number of carbonyl (C=O) groups is 1. The van der Waals surface area contributed by atoms with Crippen molar-refractivity contribution in [3.05, 3.63) is 83.7 Å². The minimum atomic E-state index is -0.657. The number of hydrogen-bond donors (Lipinski definition) is 0. The molecule has 0 saturated heterocycles. The monoisotopic (exact) mass is 368 g/mol. The van der Waals surface area contributed by atoms with Crippen molar-refractivity contribution in [2.75, 3.05) is 6.54 Å². The Morgan fingerprint density at radius 1 is 1.07 bits per heavy atom. The molecule has 4 nitrogen and oxygen atoms in total. The molecule has 1 amide bonds. The summed E-state index contributed by atoms with van der Waals surface area (Å²) in [6.45, 7) is 5.74. The first kappa shape index (κ1) is 19.1. The molecule has 2 aromatic rings. The van der Waals surface area contributed by atoms with E-state index in [9.17, 15) is 9.18 Å². The van der Waals surface area contributed by atoms with E-state index >= 15 is 0 Å². The molecule has 0 N–H and O–H groups in total. The number of amides is 1. The van der Waals surface area contributed by atoms with Gasteiger partial charge in [-0.3, -0.25) is 0 Å². The third kappa shape index (κ3) is 4.95. The molecule has 0 radical (unpaired) electrons. The maximum absolute atomic E-state index is 14.5. The second-order valence-electron chi connectivity index (χ2n) is 7.59. The average molecular weight is 368 g/mol. The van der Waals surface area contributed by atoms with Crippen LogP contribution in [0.3, 0.4) is 0 Å². The Labute approximate surface area is 159 Å². The van der Waals surface area contributed by atoms with Gasteiger partial charge in [-0.25, -0.2) is 14.2 Å². The van der Waals surface area contributed by atoms with Crippen LogP contribution < -0.4 is 0 Å². The van der Waals surface area contributed by atoms with Gasteiger partial charge in [-0.05, 0) is 38.0 Å². The lowest BCUT2D eigenvalue weighted by Gasteiger charge is -2.42. The summed E-state index contributed by atoms with van der Waals surface area (Å²) in [6, 6.07) is 19.0. The van der Waals surface area contributed by atoms with E-state index in [-0.39, 0.29) is 12.4 Å². The molecule has 0 aromatic heterocycles. The molecule has 0 aliphatic carbocycles. The zero-order chi connectivity index (χ0) is 19.4. The molecule has 0 saturated carbocycles. The van der Waals surface area contributed by atoms with E-state index in [0.717, 1.165) is 11.1 Å². The van der Waals surface area contributed by atoms with Crippen LogP contribution in [-0.2, 0) is 11.3 Å². The average Bonchev–Trinajstić information content (AvgIpc) is 2.63. The molecule has 1 aliphatic rings. The minimum absolute atomic E-state index is 0.134. The maximum Gasteiger partial charge on any atom is 0.425 e. The molecule has 1 aliphatic heterocycles. The van der Waals surface area contributed by atoms with Crippen molar-refractivity contribution in [3.63, 3.8) is 0 Å². The molecular weight excluding hydrogens is 343 g/mol. The van der Waals surface area contributed by atoms with Gasteiger partial charge in [0.15, 0.2) is 0 Å². The zero-order valence-corrected chi connectivity index (χ0v) is 15.9. The summed E-state index contributed by atoms with van der Waals surface area (Å²) >= 11 is 0. The molecule has 0 bridgehead atoms. The second-order valence-corrected chi connectivity index (χ2v) is 7.59. The van der Waals surface area contributed by atoms with Gasteiger partial charge >= 0.3 is 6.09 Å². The standard InChI is InChI=1S/C22H25FN2O2/c1-22(2,3)27-21(26)25-16-19(23)14-20(18-12-8-5-9-13-18)24(25)15-17-10-6-4-7-11-17/h4-14,20H,15-16H2,1-3H3. The van der Waals surface area contributed by atoms with E-state index in [4.69, 9.17) is 4.74 Å². The molecule has 27 heavy (non-hydrogen) atoms. The van der Waals surface area contributed by atoms with Crippen LogP contribution in [0.5, 0.6) is 0 Å². The molecule has 1 heterocycles. The Hall–Kier alpha value is -2.66. The van der Waals surface area contributed by atoms with Gasteiger partial charge in [0.2, 0.25) is 0 Å². The third-order valence-corrected chi connectivity index (χ3v) is 4.20. The van der Waals surface area contributed by atoms with Crippen molar-refractivity contribution < 1.29 is 13.9 Å². The molecule has 3 rings (SSSR count). The van der Waals surface area contributed by atoms with Gasteiger partial charge in [-0.15, -0.1) is 0 Å². The Morgan fingerprint density at radius 2 is 1.67 bits per heavy atom. The van der Waals surface area contributed by atoms with E-state index in [1.54, 1.807) is 26.8 Å². The highest BCUT2D eigenvalue weighted by Crippen LogP contribution is 2.32. The number of carbonyl (C=O) groups excluding carboxylic acids is 1. The second kappa shape index (κ2) is 7.92. The van der Waals surface area contributed by atoms with Crippen molar-refractivity contribution in [1.82, 2.24) is 10.0 Å². The van der Waals surface area contributed by atoms with Gasteiger partial charge in [-0.2, -0.15) is 5.01 Å². The SMILES string of the molecule is CC(C)(C)OC(=O)N1CC(F)=CC(c2ccccc2)N1Cc1ccccc1. The highest BCUT2D eigenvalue weighted by molar-refractivity contribution is 5.68. The van der Waals surface area contributed by atoms with Gasteiger partial charge in [0.05, 0.1) is 12.6 Å². The predicted octanol–water partition coefficient (Wildman–Crippen LogP) is 5.25. The molecule has 5 heteroatoms. The van der Waals surface area contributed by atoms with Gasteiger partial charge < -0.3 is 4.74 Å².